The highest BCUT2D eigenvalue weighted by Gasteiger charge is 2.15. The number of nitrogens with two attached hydrogens (primary N) is 1. The van der Waals surface area contributed by atoms with Crippen LogP contribution in [0.15, 0.2) is 18.2 Å². The van der Waals surface area contributed by atoms with Crippen LogP contribution in [0.25, 0.3) is 0 Å². The number of amides is 1. The quantitative estimate of drug-likeness (QED) is 0.545. The largest absolute Gasteiger partial charge is 0.345 e. The van der Waals surface area contributed by atoms with E-state index in [1.165, 1.54) is 23.1 Å². The number of hydrazine groups is 1. The van der Waals surface area contributed by atoms with Gasteiger partial charge in [0.1, 0.15) is 5.82 Å². The van der Waals surface area contributed by atoms with Crippen molar-refractivity contribution in [2.45, 2.75) is 0 Å². The average molecular weight is 197 g/mol. The normalized spacial score (nSPS) is 9.71. The smallest absolute Gasteiger partial charge is 0.255 e. The molecule has 0 saturated heterocycles. The summed E-state index contributed by atoms with van der Waals surface area (Å²) in [6.45, 7) is 0. The minimum atomic E-state index is -0.541. The number of para-hydroxylation sites is 1. The molecule has 0 atom stereocenters. The maximum absolute atomic E-state index is 13.2. The molecule has 1 amide bonds. The van der Waals surface area contributed by atoms with Crippen molar-refractivity contribution in [2.75, 3.05) is 19.5 Å². The molecule has 5 heteroatoms. The predicted molar refractivity (Wildman–Crippen MR) is 52.2 cm³/mol. The Hall–Kier alpha value is -1.62. The Bertz CT molecular complexity index is 352. The van der Waals surface area contributed by atoms with Crippen molar-refractivity contribution >= 4 is 11.6 Å². The molecule has 0 spiro atoms. The number of rotatable bonds is 2. The van der Waals surface area contributed by atoms with Crippen LogP contribution < -0.4 is 11.3 Å². The molecule has 0 heterocycles. The fourth-order valence-corrected chi connectivity index (χ4v) is 1.09. The molecule has 4 nitrogen and oxygen atoms in total. The number of halogens is 1. The highest BCUT2D eigenvalue weighted by molar-refractivity contribution is 5.99. The Morgan fingerprint density at radius 1 is 1.50 bits per heavy atom. The van der Waals surface area contributed by atoms with Crippen LogP contribution in [0.1, 0.15) is 10.4 Å². The molecule has 0 fully saturated rings. The summed E-state index contributed by atoms with van der Waals surface area (Å²) in [4.78, 5) is 12.9. The molecule has 3 N–H and O–H groups in total. The first kappa shape index (κ1) is 10.5. The molecular formula is C9H12FN3O. The standard InChI is InChI=1S/C9H12FN3O/c1-13(2)9(14)6-4-3-5-7(10)8(6)12-11/h3-5,12H,11H2,1-2H3. The predicted octanol–water partition coefficient (Wildman–Crippen LogP) is 0.813. The van der Waals surface area contributed by atoms with E-state index in [4.69, 9.17) is 5.84 Å². The Balaban J connectivity index is 3.20. The maximum atomic E-state index is 13.2. The zero-order valence-electron chi connectivity index (χ0n) is 8.04. The summed E-state index contributed by atoms with van der Waals surface area (Å²) in [6, 6.07) is 4.22. The third-order valence-electron chi connectivity index (χ3n) is 1.79. The van der Waals surface area contributed by atoms with Crippen LogP contribution >= 0.6 is 0 Å². The lowest BCUT2D eigenvalue weighted by Crippen LogP contribution is -2.24. The highest BCUT2D eigenvalue weighted by atomic mass is 19.1. The van der Waals surface area contributed by atoms with E-state index in [2.05, 4.69) is 5.43 Å². The van der Waals surface area contributed by atoms with E-state index in [1.54, 1.807) is 14.1 Å². The van der Waals surface area contributed by atoms with Gasteiger partial charge in [-0.05, 0) is 12.1 Å². The zero-order valence-corrected chi connectivity index (χ0v) is 8.04. The van der Waals surface area contributed by atoms with Gasteiger partial charge in [-0.2, -0.15) is 0 Å². The second kappa shape index (κ2) is 4.06. The van der Waals surface area contributed by atoms with Gasteiger partial charge in [0.2, 0.25) is 0 Å². The number of hydrogen-bond donors (Lipinski definition) is 2. The number of nitrogens with one attached hydrogen (secondary N) is 1. The number of carbonyl (C=O) groups is 1. The van der Waals surface area contributed by atoms with Gasteiger partial charge in [-0.15, -0.1) is 0 Å². The zero-order chi connectivity index (χ0) is 10.7. The van der Waals surface area contributed by atoms with Gasteiger partial charge in [-0.25, -0.2) is 4.39 Å². The van der Waals surface area contributed by atoms with Gasteiger partial charge in [-0.1, -0.05) is 6.07 Å². The third kappa shape index (κ3) is 1.82. The summed E-state index contributed by atoms with van der Waals surface area (Å²) < 4.78 is 13.2. The molecule has 76 valence electrons. The molecule has 0 unspecified atom stereocenters. The maximum Gasteiger partial charge on any atom is 0.255 e. The first-order valence-electron chi connectivity index (χ1n) is 4.04. The highest BCUT2D eigenvalue weighted by Crippen LogP contribution is 2.19. The molecule has 0 saturated carbocycles. The SMILES string of the molecule is CN(C)C(=O)c1cccc(F)c1NN. The third-order valence-corrected chi connectivity index (χ3v) is 1.79. The van der Waals surface area contributed by atoms with Crippen molar-refractivity contribution < 1.29 is 9.18 Å². The average Bonchev–Trinajstić information content (AvgIpc) is 2.16. The van der Waals surface area contributed by atoms with Crippen LogP contribution in [-0.4, -0.2) is 24.9 Å². The van der Waals surface area contributed by atoms with Crippen molar-refractivity contribution in [3.8, 4) is 0 Å². The Morgan fingerprint density at radius 3 is 2.64 bits per heavy atom. The summed E-state index contributed by atoms with van der Waals surface area (Å²) in [5.74, 6) is 4.29. The van der Waals surface area contributed by atoms with Crippen molar-refractivity contribution in [3.63, 3.8) is 0 Å². The lowest BCUT2D eigenvalue weighted by atomic mass is 10.1. The van der Waals surface area contributed by atoms with E-state index in [1.807, 2.05) is 0 Å². The van der Waals surface area contributed by atoms with Crippen LogP contribution in [0.2, 0.25) is 0 Å². The van der Waals surface area contributed by atoms with Gasteiger partial charge in [0.15, 0.2) is 0 Å². The number of hydrogen-bond acceptors (Lipinski definition) is 3. The van der Waals surface area contributed by atoms with E-state index in [0.717, 1.165) is 0 Å². The second-order valence-corrected chi connectivity index (χ2v) is 3.01. The molecule has 0 aliphatic heterocycles. The molecule has 14 heavy (non-hydrogen) atoms. The van der Waals surface area contributed by atoms with Crippen molar-refractivity contribution in [3.05, 3.63) is 29.6 Å². The fourth-order valence-electron chi connectivity index (χ4n) is 1.09. The molecule has 1 rings (SSSR count). The molecule has 1 aromatic rings. The first-order valence-corrected chi connectivity index (χ1v) is 4.04. The van der Waals surface area contributed by atoms with E-state index in [9.17, 15) is 9.18 Å². The van der Waals surface area contributed by atoms with Gasteiger partial charge in [-0.3, -0.25) is 10.6 Å². The molecule has 0 aliphatic carbocycles. The number of nitrogens with zero attached hydrogens (tertiary/aromatic N) is 1. The lowest BCUT2D eigenvalue weighted by molar-refractivity contribution is 0.0828. The van der Waals surface area contributed by atoms with Gasteiger partial charge in [0, 0.05) is 14.1 Å². The first-order chi connectivity index (χ1) is 6.57. The van der Waals surface area contributed by atoms with E-state index in [-0.39, 0.29) is 17.2 Å². The van der Waals surface area contributed by atoms with Crippen LogP contribution in [0.3, 0.4) is 0 Å². The summed E-state index contributed by atoms with van der Waals surface area (Å²) in [5, 5.41) is 0. The summed E-state index contributed by atoms with van der Waals surface area (Å²) in [5.41, 5.74) is 2.42. The Labute approximate surface area is 81.5 Å². The minimum Gasteiger partial charge on any atom is -0.345 e. The Morgan fingerprint density at radius 2 is 2.14 bits per heavy atom. The van der Waals surface area contributed by atoms with Crippen LogP contribution in [0.5, 0.6) is 0 Å². The molecule has 0 radical (unpaired) electrons. The van der Waals surface area contributed by atoms with Gasteiger partial charge >= 0.3 is 0 Å². The van der Waals surface area contributed by atoms with Crippen molar-refractivity contribution in [1.29, 1.82) is 0 Å². The second-order valence-electron chi connectivity index (χ2n) is 3.01. The number of nitrogen functional groups attached to an aromatic ring is 1. The van der Waals surface area contributed by atoms with E-state index in [0.29, 0.717) is 0 Å². The molecule has 0 aromatic heterocycles. The monoisotopic (exact) mass is 197 g/mol. The summed E-state index contributed by atoms with van der Waals surface area (Å²) >= 11 is 0. The number of benzene rings is 1. The molecule has 1 aromatic carbocycles. The summed E-state index contributed by atoms with van der Waals surface area (Å²) in [7, 11) is 3.18. The number of anilines is 1. The summed E-state index contributed by atoms with van der Waals surface area (Å²) in [6.07, 6.45) is 0. The van der Waals surface area contributed by atoms with E-state index >= 15 is 0 Å². The fraction of sp³-hybridized carbons (Fsp3) is 0.222. The van der Waals surface area contributed by atoms with Gasteiger partial charge < -0.3 is 10.3 Å². The molecular weight excluding hydrogens is 185 g/mol. The molecule has 0 aliphatic rings. The van der Waals surface area contributed by atoms with Crippen molar-refractivity contribution in [1.82, 2.24) is 4.90 Å². The van der Waals surface area contributed by atoms with E-state index < -0.39 is 5.82 Å². The van der Waals surface area contributed by atoms with Crippen LogP contribution in [0.4, 0.5) is 10.1 Å². The molecule has 0 bridgehead atoms. The lowest BCUT2D eigenvalue weighted by Gasteiger charge is -2.13. The number of carbonyl (C=O) groups excluding carboxylic acids is 1. The van der Waals surface area contributed by atoms with Crippen molar-refractivity contribution in [2.24, 2.45) is 5.84 Å². The van der Waals surface area contributed by atoms with Gasteiger partial charge in [0.05, 0.1) is 11.3 Å². The van der Waals surface area contributed by atoms with Crippen LogP contribution in [-0.2, 0) is 0 Å². The minimum absolute atomic E-state index is 0.0196. The van der Waals surface area contributed by atoms with Crippen LogP contribution in [0, 0.1) is 5.82 Å². The Kier molecular flexibility index (Phi) is 3.03. The van der Waals surface area contributed by atoms with Gasteiger partial charge in [0.25, 0.3) is 5.91 Å². The topological polar surface area (TPSA) is 58.4 Å².